The summed E-state index contributed by atoms with van der Waals surface area (Å²) in [7, 11) is 1.27. The monoisotopic (exact) mass is 474 g/mol. The van der Waals surface area contributed by atoms with Crippen molar-refractivity contribution in [3.63, 3.8) is 0 Å². The molecule has 180 valence electrons. The van der Waals surface area contributed by atoms with Crippen molar-refractivity contribution in [1.82, 2.24) is 5.32 Å². The molecule has 0 unspecified atom stereocenters. The molecule has 4 rings (SSSR count). The molecule has 0 spiro atoms. The molecule has 0 saturated heterocycles. The topological polar surface area (TPSA) is 114 Å². The number of aliphatic carboxylic acids is 1. The van der Waals surface area contributed by atoms with Crippen LogP contribution in [0.1, 0.15) is 38.5 Å². The third-order valence-electron chi connectivity index (χ3n) is 6.11. The van der Waals surface area contributed by atoms with Crippen molar-refractivity contribution in [1.29, 1.82) is 0 Å². The van der Waals surface area contributed by atoms with Crippen molar-refractivity contribution in [2.24, 2.45) is 0 Å². The molecule has 3 N–H and O–H groups in total. The quantitative estimate of drug-likeness (QED) is 0.417. The van der Waals surface area contributed by atoms with Crippen LogP contribution in [0.3, 0.4) is 0 Å². The minimum Gasteiger partial charge on any atom is -0.480 e. The lowest BCUT2D eigenvalue weighted by Crippen LogP contribution is -2.23. The molecule has 0 saturated carbocycles. The van der Waals surface area contributed by atoms with E-state index >= 15 is 0 Å². The Labute approximate surface area is 202 Å². The highest BCUT2D eigenvalue weighted by atomic mass is 16.5. The number of carboxylic acid groups (broad SMARTS) is 1. The second-order valence-electron chi connectivity index (χ2n) is 8.25. The molecule has 0 heterocycles. The molecule has 0 aromatic heterocycles. The van der Waals surface area contributed by atoms with Crippen LogP contribution in [0.4, 0.5) is 10.5 Å². The first-order valence-corrected chi connectivity index (χ1v) is 11.2. The Kier molecular flexibility index (Phi) is 7.12. The number of esters is 1. The number of benzene rings is 3. The first kappa shape index (κ1) is 24.0. The first-order chi connectivity index (χ1) is 16.9. The van der Waals surface area contributed by atoms with E-state index in [4.69, 9.17) is 14.6 Å². The van der Waals surface area contributed by atoms with Crippen molar-refractivity contribution in [3.05, 3.63) is 88.5 Å². The van der Waals surface area contributed by atoms with Gasteiger partial charge in [0.15, 0.2) is 0 Å². The van der Waals surface area contributed by atoms with Gasteiger partial charge in [0.25, 0.3) is 0 Å². The number of hydrogen-bond donors (Lipinski definition) is 3. The average molecular weight is 475 g/mol. The summed E-state index contributed by atoms with van der Waals surface area (Å²) in [6, 6.07) is 19.3. The highest BCUT2D eigenvalue weighted by Gasteiger charge is 2.29. The standard InChI is InChI=1S/C27H26N2O6/c1-16-18(13-28-14-25(30)31)11-17(26(32)34-2)12-24(16)29-27(33)35-15-23-21-9-5-3-7-19(21)20-8-4-6-10-22(20)23/h3-12,23,28H,13-15H2,1-2H3,(H,29,33)(H,30,31). The molecule has 1 amide bonds. The molecule has 1 aliphatic rings. The van der Waals surface area contributed by atoms with E-state index in [2.05, 4.69) is 22.8 Å². The highest BCUT2D eigenvalue weighted by Crippen LogP contribution is 2.44. The Balaban J connectivity index is 1.51. The molecular weight excluding hydrogens is 448 g/mol. The number of ether oxygens (including phenoxy) is 2. The zero-order valence-electron chi connectivity index (χ0n) is 19.5. The molecule has 1 aliphatic carbocycles. The molecule has 3 aromatic carbocycles. The molecule has 0 atom stereocenters. The van der Waals surface area contributed by atoms with Crippen LogP contribution in [0.15, 0.2) is 60.7 Å². The van der Waals surface area contributed by atoms with Gasteiger partial charge in [0.1, 0.15) is 6.61 Å². The van der Waals surface area contributed by atoms with E-state index in [0.717, 1.165) is 22.3 Å². The summed E-state index contributed by atoms with van der Waals surface area (Å²) in [5, 5.41) is 14.4. The van der Waals surface area contributed by atoms with Gasteiger partial charge >= 0.3 is 18.0 Å². The number of carboxylic acids is 1. The minimum atomic E-state index is -0.997. The van der Waals surface area contributed by atoms with Gasteiger partial charge in [0.05, 0.1) is 19.2 Å². The van der Waals surface area contributed by atoms with E-state index in [0.29, 0.717) is 16.8 Å². The van der Waals surface area contributed by atoms with Gasteiger partial charge in [-0.2, -0.15) is 0 Å². The number of anilines is 1. The van der Waals surface area contributed by atoms with E-state index in [-0.39, 0.29) is 31.2 Å². The van der Waals surface area contributed by atoms with Crippen LogP contribution < -0.4 is 10.6 Å². The van der Waals surface area contributed by atoms with E-state index in [1.807, 2.05) is 36.4 Å². The van der Waals surface area contributed by atoms with Crippen molar-refractivity contribution >= 4 is 23.7 Å². The largest absolute Gasteiger partial charge is 0.480 e. The lowest BCUT2D eigenvalue weighted by molar-refractivity contribution is -0.136. The van der Waals surface area contributed by atoms with Crippen LogP contribution >= 0.6 is 0 Å². The summed E-state index contributed by atoms with van der Waals surface area (Å²) >= 11 is 0. The fourth-order valence-corrected chi connectivity index (χ4v) is 4.37. The van der Waals surface area contributed by atoms with Gasteiger partial charge in [0, 0.05) is 18.2 Å². The van der Waals surface area contributed by atoms with Crippen molar-refractivity contribution in [3.8, 4) is 11.1 Å². The summed E-state index contributed by atoms with van der Waals surface area (Å²) in [6.45, 7) is 1.89. The molecule has 0 radical (unpaired) electrons. The van der Waals surface area contributed by atoms with Gasteiger partial charge < -0.3 is 19.9 Å². The van der Waals surface area contributed by atoms with E-state index in [1.54, 1.807) is 13.0 Å². The van der Waals surface area contributed by atoms with Gasteiger partial charge in [-0.05, 0) is 52.4 Å². The van der Waals surface area contributed by atoms with Crippen molar-refractivity contribution in [2.75, 3.05) is 25.6 Å². The normalized spacial score (nSPS) is 11.9. The van der Waals surface area contributed by atoms with Crippen molar-refractivity contribution in [2.45, 2.75) is 19.4 Å². The molecule has 8 nitrogen and oxygen atoms in total. The molecule has 0 bridgehead atoms. The average Bonchev–Trinajstić information content (AvgIpc) is 3.18. The molecule has 35 heavy (non-hydrogen) atoms. The Bertz CT molecular complexity index is 1240. The zero-order valence-corrected chi connectivity index (χ0v) is 19.5. The maximum absolute atomic E-state index is 12.8. The number of amides is 1. The van der Waals surface area contributed by atoms with Crippen LogP contribution in [-0.4, -0.2) is 43.4 Å². The summed E-state index contributed by atoms with van der Waals surface area (Å²) in [5.74, 6) is -1.64. The van der Waals surface area contributed by atoms with Crippen LogP contribution in [0, 0.1) is 6.92 Å². The molecule has 0 fully saturated rings. The second-order valence-corrected chi connectivity index (χ2v) is 8.25. The third-order valence-corrected chi connectivity index (χ3v) is 6.11. The number of fused-ring (bicyclic) bond motifs is 3. The SMILES string of the molecule is COC(=O)c1cc(CNCC(=O)O)c(C)c(NC(=O)OCC2c3ccccc3-c3ccccc32)c1. The van der Waals surface area contributed by atoms with Crippen LogP contribution in [0.2, 0.25) is 0 Å². The lowest BCUT2D eigenvalue weighted by Gasteiger charge is -2.17. The van der Waals surface area contributed by atoms with Gasteiger partial charge in [-0.25, -0.2) is 9.59 Å². The second kappa shape index (κ2) is 10.4. The third kappa shape index (κ3) is 5.17. The fourth-order valence-electron chi connectivity index (χ4n) is 4.37. The highest BCUT2D eigenvalue weighted by molar-refractivity contribution is 5.94. The summed E-state index contributed by atoms with van der Waals surface area (Å²) in [6.07, 6.45) is -0.651. The van der Waals surface area contributed by atoms with Gasteiger partial charge in [0.2, 0.25) is 0 Å². The molecular formula is C27H26N2O6. The van der Waals surface area contributed by atoms with E-state index in [1.165, 1.54) is 13.2 Å². The zero-order chi connectivity index (χ0) is 24.9. The maximum atomic E-state index is 12.8. The van der Waals surface area contributed by atoms with Gasteiger partial charge in [-0.3, -0.25) is 10.1 Å². The molecule has 0 aliphatic heterocycles. The molecule has 3 aromatic rings. The van der Waals surface area contributed by atoms with E-state index in [9.17, 15) is 14.4 Å². The number of hydrogen-bond acceptors (Lipinski definition) is 6. The number of methoxy groups -OCH3 is 1. The van der Waals surface area contributed by atoms with Gasteiger partial charge in [-0.15, -0.1) is 0 Å². The fraction of sp³-hybridized carbons (Fsp3) is 0.222. The van der Waals surface area contributed by atoms with Gasteiger partial charge in [-0.1, -0.05) is 48.5 Å². The Morgan fingerprint density at radius 1 is 0.971 bits per heavy atom. The number of carbonyl (C=O) groups is 3. The summed E-state index contributed by atoms with van der Waals surface area (Å²) < 4.78 is 10.4. The maximum Gasteiger partial charge on any atom is 0.411 e. The van der Waals surface area contributed by atoms with Crippen LogP contribution in [0.5, 0.6) is 0 Å². The molecule has 8 heteroatoms. The predicted octanol–water partition coefficient (Wildman–Crippen LogP) is 4.32. The first-order valence-electron chi connectivity index (χ1n) is 11.2. The number of nitrogens with one attached hydrogen (secondary N) is 2. The Morgan fingerprint density at radius 3 is 2.20 bits per heavy atom. The van der Waals surface area contributed by atoms with E-state index < -0.39 is 18.0 Å². The minimum absolute atomic E-state index is 0.0774. The summed E-state index contributed by atoms with van der Waals surface area (Å²) in [5.41, 5.74) is 6.45. The van der Waals surface area contributed by atoms with Crippen molar-refractivity contribution < 1.29 is 29.0 Å². The Morgan fingerprint density at radius 2 is 1.60 bits per heavy atom. The Hall–Kier alpha value is -4.17. The number of rotatable bonds is 8. The van der Waals surface area contributed by atoms with Crippen LogP contribution in [-0.2, 0) is 20.8 Å². The smallest absolute Gasteiger partial charge is 0.411 e. The summed E-state index contributed by atoms with van der Waals surface area (Å²) in [4.78, 5) is 35.8. The van der Waals surface area contributed by atoms with Crippen LogP contribution in [0.25, 0.3) is 11.1 Å². The number of carbonyl (C=O) groups excluding carboxylic acids is 2. The lowest BCUT2D eigenvalue weighted by atomic mass is 9.98. The predicted molar refractivity (Wildman–Crippen MR) is 131 cm³/mol.